The first-order valence-corrected chi connectivity index (χ1v) is 9.95. The van der Waals surface area contributed by atoms with Crippen LogP contribution in [0.4, 0.5) is 14.9 Å². The van der Waals surface area contributed by atoms with Gasteiger partial charge >= 0.3 is 6.03 Å². The lowest BCUT2D eigenvalue weighted by molar-refractivity contribution is 0.0943. The second-order valence-electron chi connectivity index (χ2n) is 6.57. The number of urea groups is 1. The number of thiazole rings is 1. The topological polar surface area (TPSA) is 106 Å². The molecule has 3 aromatic rings. The van der Waals surface area contributed by atoms with Gasteiger partial charge in [-0.25, -0.2) is 14.2 Å². The van der Waals surface area contributed by atoms with Crippen molar-refractivity contribution in [3.63, 3.8) is 0 Å². The molecule has 0 radical (unpaired) electrons. The minimum Gasteiger partial charge on any atom is -0.486 e. The van der Waals surface area contributed by atoms with Gasteiger partial charge in [0.1, 0.15) is 28.1 Å². The quantitative estimate of drug-likeness (QED) is 0.525. The fourth-order valence-corrected chi connectivity index (χ4v) is 3.62. The summed E-state index contributed by atoms with van der Waals surface area (Å²) in [4.78, 5) is 28.5. The molecule has 0 spiro atoms. The predicted molar refractivity (Wildman–Crippen MR) is 113 cm³/mol. The third-order valence-corrected chi connectivity index (χ3v) is 5.38. The van der Waals surface area contributed by atoms with Crippen LogP contribution >= 0.6 is 11.3 Å². The van der Waals surface area contributed by atoms with Crippen molar-refractivity contribution in [1.29, 1.82) is 0 Å². The van der Waals surface area contributed by atoms with Crippen molar-refractivity contribution in [3.05, 3.63) is 75.5 Å². The van der Waals surface area contributed by atoms with E-state index < -0.39 is 6.03 Å². The van der Waals surface area contributed by atoms with Gasteiger partial charge in [0.2, 0.25) is 0 Å². The van der Waals surface area contributed by atoms with E-state index in [1.54, 1.807) is 31.2 Å². The van der Waals surface area contributed by atoms with E-state index in [2.05, 4.69) is 15.6 Å². The van der Waals surface area contributed by atoms with Gasteiger partial charge in [0.05, 0.1) is 11.7 Å². The van der Waals surface area contributed by atoms with E-state index in [-0.39, 0.29) is 24.4 Å². The first-order chi connectivity index (χ1) is 14.3. The van der Waals surface area contributed by atoms with Crippen LogP contribution in [0, 0.1) is 12.7 Å². The number of hydrogen-bond donors (Lipinski definition) is 3. The normalized spacial score (nSPS) is 11.6. The Balaban J connectivity index is 1.60. The molecule has 1 unspecified atom stereocenters. The zero-order valence-corrected chi connectivity index (χ0v) is 17.3. The van der Waals surface area contributed by atoms with Crippen LogP contribution in [0.15, 0.2) is 48.5 Å². The molecule has 0 aliphatic carbocycles. The van der Waals surface area contributed by atoms with E-state index in [0.717, 1.165) is 5.56 Å². The summed E-state index contributed by atoms with van der Waals surface area (Å²) in [6, 6.07) is 11.9. The van der Waals surface area contributed by atoms with Crippen molar-refractivity contribution in [2.45, 2.75) is 26.5 Å². The second-order valence-corrected chi connectivity index (χ2v) is 7.65. The highest BCUT2D eigenvalue weighted by Gasteiger charge is 2.18. The summed E-state index contributed by atoms with van der Waals surface area (Å²) >= 11 is 1.25. The van der Waals surface area contributed by atoms with Crippen LogP contribution in [0.25, 0.3) is 0 Å². The van der Waals surface area contributed by atoms with Gasteiger partial charge in [-0.2, -0.15) is 0 Å². The van der Waals surface area contributed by atoms with Gasteiger partial charge in [0.25, 0.3) is 5.91 Å². The van der Waals surface area contributed by atoms with Crippen molar-refractivity contribution in [2.75, 3.05) is 5.32 Å². The lowest BCUT2D eigenvalue weighted by Crippen LogP contribution is -2.26. The highest BCUT2D eigenvalue weighted by atomic mass is 32.1. The molecule has 1 heterocycles. The number of amides is 3. The fraction of sp³-hybridized carbons (Fsp3) is 0.190. The highest BCUT2D eigenvalue weighted by molar-refractivity contribution is 7.13. The fourth-order valence-electron chi connectivity index (χ4n) is 2.74. The molecule has 3 rings (SSSR count). The maximum Gasteiger partial charge on any atom is 0.316 e. The summed E-state index contributed by atoms with van der Waals surface area (Å²) in [5, 5.41) is 6.08. The van der Waals surface area contributed by atoms with Crippen LogP contribution in [-0.4, -0.2) is 16.9 Å². The van der Waals surface area contributed by atoms with Crippen molar-refractivity contribution >= 4 is 29.0 Å². The van der Waals surface area contributed by atoms with E-state index in [9.17, 15) is 14.0 Å². The SMILES string of the molecule is Cc1nc(COc2ccc(F)cc2)sc1C(=O)NC(C)c1ccc(NC(N)=O)cc1. The number of halogens is 1. The lowest BCUT2D eigenvalue weighted by atomic mass is 10.1. The summed E-state index contributed by atoms with van der Waals surface area (Å²) in [6.07, 6.45) is 0. The standard InChI is InChI=1S/C21H21FN4O3S/c1-12(14-3-7-16(8-4-14)26-21(23)28)25-20(27)19-13(2)24-18(30-19)11-29-17-9-5-15(22)6-10-17/h3-10,12H,11H2,1-2H3,(H,25,27)(H3,23,26,28). The number of ether oxygens (including phenoxy) is 1. The molecular formula is C21H21FN4O3S. The third kappa shape index (κ3) is 5.54. The number of carbonyl (C=O) groups is 2. The van der Waals surface area contributed by atoms with Crippen LogP contribution < -0.4 is 21.1 Å². The molecule has 0 saturated heterocycles. The van der Waals surface area contributed by atoms with E-state index in [1.165, 1.54) is 35.6 Å². The molecule has 3 amide bonds. The Hall–Kier alpha value is -3.46. The van der Waals surface area contributed by atoms with Crippen LogP contribution in [0.5, 0.6) is 5.75 Å². The van der Waals surface area contributed by atoms with Gasteiger partial charge in [0.15, 0.2) is 0 Å². The van der Waals surface area contributed by atoms with Crippen molar-refractivity contribution in [2.24, 2.45) is 5.73 Å². The molecule has 0 fully saturated rings. The van der Waals surface area contributed by atoms with Crippen LogP contribution in [0.1, 0.15) is 38.9 Å². The number of nitrogens with two attached hydrogens (primary N) is 1. The summed E-state index contributed by atoms with van der Waals surface area (Å²) < 4.78 is 18.6. The molecule has 156 valence electrons. The number of aromatic nitrogens is 1. The molecule has 1 aromatic heterocycles. The zero-order valence-electron chi connectivity index (χ0n) is 16.4. The number of benzene rings is 2. The third-order valence-electron chi connectivity index (χ3n) is 4.25. The van der Waals surface area contributed by atoms with Crippen molar-refractivity contribution < 1.29 is 18.7 Å². The molecule has 0 saturated carbocycles. The molecule has 7 nitrogen and oxygen atoms in total. The number of carbonyl (C=O) groups excluding carboxylic acids is 2. The van der Waals surface area contributed by atoms with Gasteiger partial charge in [-0.15, -0.1) is 11.3 Å². The Bertz CT molecular complexity index is 1040. The molecule has 1 atom stereocenters. The van der Waals surface area contributed by atoms with Gasteiger partial charge in [-0.3, -0.25) is 4.79 Å². The number of rotatable bonds is 7. The predicted octanol–water partition coefficient (Wildman–Crippen LogP) is 4.15. The van der Waals surface area contributed by atoms with Gasteiger partial charge < -0.3 is 21.1 Å². The summed E-state index contributed by atoms with van der Waals surface area (Å²) in [7, 11) is 0. The van der Waals surface area contributed by atoms with E-state index in [1.807, 2.05) is 6.92 Å². The number of anilines is 1. The van der Waals surface area contributed by atoms with Gasteiger partial charge in [-0.05, 0) is 55.8 Å². The monoisotopic (exact) mass is 428 g/mol. The Kier molecular flexibility index (Phi) is 6.63. The molecule has 0 bridgehead atoms. The Morgan fingerprint density at radius 2 is 1.83 bits per heavy atom. The smallest absolute Gasteiger partial charge is 0.316 e. The number of aryl methyl sites for hydroxylation is 1. The Morgan fingerprint density at radius 3 is 2.47 bits per heavy atom. The highest BCUT2D eigenvalue weighted by Crippen LogP contribution is 2.22. The number of nitrogens with zero attached hydrogens (tertiary/aromatic N) is 1. The van der Waals surface area contributed by atoms with Crippen LogP contribution in [-0.2, 0) is 6.61 Å². The summed E-state index contributed by atoms with van der Waals surface area (Å²) in [5.74, 6) is -0.0395. The van der Waals surface area contributed by atoms with E-state index in [4.69, 9.17) is 10.5 Å². The molecule has 9 heteroatoms. The molecule has 0 aliphatic heterocycles. The van der Waals surface area contributed by atoms with Gasteiger partial charge in [0, 0.05) is 5.69 Å². The Morgan fingerprint density at radius 1 is 1.17 bits per heavy atom. The maximum absolute atomic E-state index is 13.0. The van der Waals surface area contributed by atoms with Gasteiger partial charge in [-0.1, -0.05) is 12.1 Å². The largest absolute Gasteiger partial charge is 0.486 e. The molecular weight excluding hydrogens is 407 g/mol. The number of hydrogen-bond acceptors (Lipinski definition) is 5. The molecule has 4 N–H and O–H groups in total. The summed E-state index contributed by atoms with van der Waals surface area (Å²) in [6.45, 7) is 3.82. The number of primary amides is 1. The van der Waals surface area contributed by atoms with Crippen LogP contribution in [0.2, 0.25) is 0 Å². The molecule has 2 aromatic carbocycles. The molecule has 30 heavy (non-hydrogen) atoms. The minimum absolute atomic E-state index is 0.189. The average Bonchev–Trinajstić information content (AvgIpc) is 3.08. The van der Waals surface area contributed by atoms with Crippen molar-refractivity contribution in [1.82, 2.24) is 10.3 Å². The minimum atomic E-state index is -0.635. The first kappa shape index (κ1) is 21.3. The zero-order chi connectivity index (χ0) is 21.7. The maximum atomic E-state index is 13.0. The first-order valence-electron chi connectivity index (χ1n) is 9.14. The lowest BCUT2D eigenvalue weighted by Gasteiger charge is -2.14. The molecule has 0 aliphatic rings. The van der Waals surface area contributed by atoms with Crippen molar-refractivity contribution in [3.8, 4) is 5.75 Å². The van der Waals surface area contributed by atoms with E-state index in [0.29, 0.717) is 27.0 Å². The number of nitrogens with one attached hydrogen (secondary N) is 2. The van der Waals surface area contributed by atoms with E-state index >= 15 is 0 Å². The second kappa shape index (κ2) is 9.36. The Labute approximate surface area is 177 Å². The summed E-state index contributed by atoms with van der Waals surface area (Å²) in [5.41, 5.74) is 7.16. The van der Waals surface area contributed by atoms with Crippen LogP contribution in [0.3, 0.4) is 0 Å². The average molecular weight is 428 g/mol.